The number of carbonyl (C=O) groups excluding carboxylic acids is 1. The number of carbonyl (C=O) groups is 1. The molecule has 0 radical (unpaired) electrons. The van der Waals surface area contributed by atoms with Gasteiger partial charge in [0, 0.05) is 0 Å². The van der Waals surface area contributed by atoms with Gasteiger partial charge >= 0.3 is 5.97 Å². The van der Waals surface area contributed by atoms with Crippen LogP contribution in [-0.2, 0) is 19.6 Å². The van der Waals surface area contributed by atoms with Crippen LogP contribution in [0.3, 0.4) is 0 Å². The van der Waals surface area contributed by atoms with E-state index in [1.165, 1.54) is 19.2 Å². The van der Waals surface area contributed by atoms with Crippen molar-refractivity contribution < 1.29 is 22.3 Å². The highest BCUT2D eigenvalue weighted by Crippen LogP contribution is 2.28. The van der Waals surface area contributed by atoms with Gasteiger partial charge in [0.25, 0.3) is 0 Å². The van der Waals surface area contributed by atoms with Gasteiger partial charge in [-0.1, -0.05) is 36.4 Å². The summed E-state index contributed by atoms with van der Waals surface area (Å²) in [7, 11) is -2.33. The number of hydrogen-bond donors (Lipinski definition) is 1. The summed E-state index contributed by atoms with van der Waals surface area (Å²) in [6, 6.07) is 12.7. The number of hydrogen-bond acceptors (Lipinski definition) is 4. The molecule has 1 N–H and O–H groups in total. The van der Waals surface area contributed by atoms with Crippen molar-refractivity contribution in [3.63, 3.8) is 0 Å². The van der Waals surface area contributed by atoms with Gasteiger partial charge in [-0.15, -0.1) is 0 Å². The van der Waals surface area contributed by atoms with Crippen LogP contribution in [0.25, 0.3) is 0 Å². The van der Waals surface area contributed by atoms with Crippen molar-refractivity contribution in [2.75, 3.05) is 18.1 Å². The first-order valence-electron chi connectivity index (χ1n) is 6.72. The van der Waals surface area contributed by atoms with Crippen molar-refractivity contribution >= 4 is 21.7 Å². The van der Waals surface area contributed by atoms with Crippen LogP contribution in [0.5, 0.6) is 0 Å². The summed E-state index contributed by atoms with van der Waals surface area (Å²) < 4.78 is 43.4. The lowest BCUT2D eigenvalue weighted by Gasteiger charge is -2.16. The molecule has 122 valence electrons. The van der Waals surface area contributed by atoms with Gasteiger partial charge in [-0.05, 0) is 23.3 Å². The predicted octanol–water partition coefficient (Wildman–Crippen LogP) is 2.50. The minimum absolute atomic E-state index is 0.173. The van der Waals surface area contributed by atoms with Gasteiger partial charge in [-0.3, -0.25) is 9.52 Å². The van der Waals surface area contributed by atoms with Crippen molar-refractivity contribution in [2.45, 2.75) is 5.92 Å². The number of anilines is 1. The molecule has 0 saturated heterocycles. The second-order valence-corrected chi connectivity index (χ2v) is 6.73. The molecule has 0 amide bonds. The third kappa shape index (κ3) is 4.29. The summed E-state index contributed by atoms with van der Waals surface area (Å²) in [6.45, 7) is 0. The molecule has 0 aliphatic carbocycles. The number of esters is 1. The maximum atomic E-state index is 14.1. The molecule has 1 atom stereocenters. The lowest BCUT2D eigenvalue weighted by molar-refractivity contribution is -0.141. The van der Waals surface area contributed by atoms with Gasteiger partial charge in [0.05, 0.1) is 19.1 Å². The Morgan fingerprint density at radius 2 is 1.78 bits per heavy atom. The van der Waals surface area contributed by atoms with E-state index in [4.69, 9.17) is 4.74 Å². The van der Waals surface area contributed by atoms with E-state index in [9.17, 15) is 17.6 Å². The standard InChI is InChI=1S/C16H16FNO4S/c1-22-16(19)15(11-6-4-3-5-7-11)12-8-9-14(13(17)10-12)18-23(2,20)21/h3-10,15,18H,1-2H3. The first-order valence-corrected chi connectivity index (χ1v) is 8.61. The van der Waals surface area contributed by atoms with E-state index < -0.39 is 27.7 Å². The second-order valence-electron chi connectivity index (χ2n) is 4.98. The van der Waals surface area contributed by atoms with Gasteiger partial charge < -0.3 is 4.74 Å². The van der Waals surface area contributed by atoms with Crippen molar-refractivity contribution in [3.05, 3.63) is 65.5 Å². The summed E-state index contributed by atoms with van der Waals surface area (Å²) in [6.07, 6.45) is 0.932. The van der Waals surface area contributed by atoms with Crippen molar-refractivity contribution in [1.82, 2.24) is 0 Å². The molecule has 5 nitrogen and oxygen atoms in total. The van der Waals surface area contributed by atoms with Gasteiger partial charge in [0.1, 0.15) is 11.7 Å². The largest absolute Gasteiger partial charge is 0.468 e. The Balaban J connectivity index is 2.45. The average Bonchev–Trinajstić information content (AvgIpc) is 2.50. The maximum Gasteiger partial charge on any atom is 0.317 e. The number of halogens is 1. The van der Waals surface area contributed by atoms with E-state index in [0.717, 1.165) is 12.3 Å². The fourth-order valence-corrected chi connectivity index (χ4v) is 2.79. The Hall–Kier alpha value is -2.41. The Labute approximate surface area is 134 Å². The molecule has 2 rings (SSSR count). The zero-order chi connectivity index (χ0) is 17.0. The molecule has 0 aromatic heterocycles. The molecule has 0 aliphatic rings. The minimum Gasteiger partial charge on any atom is -0.468 e. The van der Waals surface area contributed by atoms with Crippen molar-refractivity contribution in [2.24, 2.45) is 0 Å². The Bertz CT molecular complexity index is 806. The molecule has 2 aromatic carbocycles. The lowest BCUT2D eigenvalue weighted by atomic mass is 9.91. The molecular formula is C16H16FNO4S. The monoisotopic (exact) mass is 337 g/mol. The van der Waals surface area contributed by atoms with Crippen LogP contribution in [0.4, 0.5) is 10.1 Å². The van der Waals surface area contributed by atoms with Crippen LogP contribution >= 0.6 is 0 Å². The topological polar surface area (TPSA) is 72.5 Å². The quantitative estimate of drug-likeness (QED) is 0.851. The molecule has 0 saturated carbocycles. The highest BCUT2D eigenvalue weighted by atomic mass is 32.2. The molecule has 0 heterocycles. The lowest BCUT2D eigenvalue weighted by Crippen LogP contribution is -2.16. The van der Waals surface area contributed by atoms with Crippen molar-refractivity contribution in [1.29, 1.82) is 0 Å². The fourth-order valence-electron chi connectivity index (χ4n) is 2.22. The zero-order valence-electron chi connectivity index (χ0n) is 12.6. The Morgan fingerprint density at radius 1 is 1.13 bits per heavy atom. The third-order valence-corrected chi connectivity index (χ3v) is 3.78. The number of nitrogens with one attached hydrogen (secondary N) is 1. The third-order valence-electron chi connectivity index (χ3n) is 3.19. The Morgan fingerprint density at radius 3 is 2.30 bits per heavy atom. The van der Waals surface area contributed by atoms with E-state index in [-0.39, 0.29) is 5.69 Å². The Kier molecular flexibility index (Phi) is 5.00. The normalized spacial score (nSPS) is 12.5. The van der Waals surface area contributed by atoms with Gasteiger partial charge in [-0.2, -0.15) is 0 Å². The maximum absolute atomic E-state index is 14.1. The molecular weight excluding hydrogens is 321 g/mol. The van der Waals surface area contributed by atoms with Crippen molar-refractivity contribution in [3.8, 4) is 0 Å². The number of methoxy groups -OCH3 is 1. The highest BCUT2D eigenvalue weighted by Gasteiger charge is 2.24. The van der Waals surface area contributed by atoms with Crippen LogP contribution in [0.1, 0.15) is 17.0 Å². The average molecular weight is 337 g/mol. The van der Waals surface area contributed by atoms with Crippen LogP contribution in [0, 0.1) is 5.82 Å². The summed E-state index contributed by atoms with van der Waals surface area (Å²) in [5, 5.41) is 0. The molecule has 0 bridgehead atoms. The van der Waals surface area contributed by atoms with Crippen LogP contribution in [0.15, 0.2) is 48.5 Å². The number of benzene rings is 2. The van der Waals surface area contributed by atoms with E-state index >= 15 is 0 Å². The molecule has 7 heteroatoms. The van der Waals surface area contributed by atoms with Crippen LogP contribution in [-0.4, -0.2) is 27.8 Å². The molecule has 0 aliphatic heterocycles. The molecule has 1 unspecified atom stereocenters. The van der Waals surface area contributed by atoms with E-state index in [1.807, 2.05) is 0 Å². The summed E-state index contributed by atoms with van der Waals surface area (Å²) in [4.78, 5) is 12.1. The minimum atomic E-state index is -3.59. The molecule has 2 aromatic rings. The molecule has 0 spiro atoms. The fraction of sp³-hybridized carbons (Fsp3) is 0.188. The number of ether oxygens (including phenoxy) is 1. The van der Waals surface area contributed by atoms with Crippen LogP contribution < -0.4 is 4.72 Å². The summed E-state index contributed by atoms with van der Waals surface area (Å²) in [5.74, 6) is -2.08. The summed E-state index contributed by atoms with van der Waals surface area (Å²) in [5.41, 5.74) is 0.857. The molecule has 0 fully saturated rings. The van der Waals surface area contributed by atoms with E-state index in [1.54, 1.807) is 30.3 Å². The van der Waals surface area contributed by atoms with Gasteiger partial charge in [0.15, 0.2) is 0 Å². The smallest absolute Gasteiger partial charge is 0.317 e. The molecule has 23 heavy (non-hydrogen) atoms. The first-order chi connectivity index (χ1) is 10.8. The highest BCUT2D eigenvalue weighted by molar-refractivity contribution is 7.92. The SMILES string of the molecule is COC(=O)C(c1ccccc1)c1ccc(NS(C)(=O)=O)c(F)c1. The summed E-state index contributed by atoms with van der Waals surface area (Å²) >= 11 is 0. The van der Waals surface area contributed by atoms with E-state index in [0.29, 0.717) is 11.1 Å². The van der Waals surface area contributed by atoms with E-state index in [2.05, 4.69) is 4.72 Å². The second kappa shape index (κ2) is 6.78. The predicted molar refractivity (Wildman–Crippen MR) is 85.2 cm³/mol. The van der Waals surface area contributed by atoms with Crippen LogP contribution in [0.2, 0.25) is 0 Å². The number of rotatable bonds is 5. The van der Waals surface area contributed by atoms with Gasteiger partial charge in [-0.25, -0.2) is 12.8 Å². The number of sulfonamides is 1. The first kappa shape index (κ1) is 17.0. The van der Waals surface area contributed by atoms with Gasteiger partial charge in [0.2, 0.25) is 10.0 Å². The zero-order valence-corrected chi connectivity index (χ0v) is 13.4.